The van der Waals surface area contributed by atoms with Crippen LogP contribution in [0.2, 0.25) is 0 Å². The Labute approximate surface area is 149 Å². The first kappa shape index (κ1) is 15.6. The third kappa shape index (κ3) is 3.18. The van der Waals surface area contributed by atoms with Gasteiger partial charge in [-0.2, -0.15) is 4.98 Å². The molecule has 0 fully saturated rings. The summed E-state index contributed by atoms with van der Waals surface area (Å²) >= 11 is 1.46. The van der Waals surface area contributed by atoms with Crippen LogP contribution in [0.25, 0.3) is 11.3 Å². The molecule has 124 valence electrons. The second-order valence-corrected chi connectivity index (χ2v) is 6.28. The zero-order chi connectivity index (χ0) is 17.1. The largest absolute Gasteiger partial charge is 0.446 e. The van der Waals surface area contributed by atoms with Crippen LogP contribution < -0.4 is 10.1 Å². The molecule has 4 rings (SSSR count). The van der Waals surface area contributed by atoms with E-state index in [9.17, 15) is 0 Å². The maximum absolute atomic E-state index is 6.12. The van der Waals surface area contributed by atoms with Crippen molar-refractivity contribution >= 4 is 17.4 Å². The van der Waals surface area contributed by atoms with Crippen molar-refractivity contribution in [1.82, 2.24) is 20.2 Å². The fourth-order valence-corrected chi connectivity index (χ4v) is 3.02. The molecule has 0 aliphatic carbocycles. The van der Waals surface area contributed by atoms with E-state index in [1.165, 1.54) is 11.8 Å². The zero-order valence-corrected chi connectivity index (χ0v) is 14.1. The van der Waals surface area contributed by atoms with Crippen LogP contribution in [0.15, 0.2) is 66.5 Å². The number of aromatic nitrogens is 4. The monoisotopic (exact) mass is 349 g/mol. The van der Waals surface area contributed by atoms with E-state index in [2.05, 4.69) is 32.1 Å². The number of nitrogens with zero attached hydrogens (tertiary/aromatic N) is 4. The number of fused-ring (bicyclic) bond motifs is 3. The smallest absolute Gasteiger partial charge is 0.247 e. The zero-order valence-electron chi connectivity index (χ0n) is 13.3. The molecule has 25 heavy (non-hydrogen) atoms. The summed E-state index contributed by atoms with van der Waals surface area (Å²) in [6, 6.07) is 13.6. The first-order valence-electron chi connectivity index (χ1n) is 7.77. The molecule has 0 unspecified atom stereocenters. The molecule has 3 heterocycles. The number of nitrogens with one attached hydrogen (secondary N) is 1. The van der Waals surface area contributed by atoms with Gasteiger partial charge in [0.2, 0.25) is 17.3 Å². The summed E-state index contributed by atoms with van der Waals surface area (Å²) < 4.78 is 6.12. The van der Waals surface area contributed by atoms with Crippen LogP contribution in [0, 0.1) is 0 Å². The Hall–Kier alpha value is -2.93. The molecule has 7 heteroatoms. The molecule has 2 aromatic heterocycles. The highest BCUT2D eigenvalue weighted by Gasteiger charge is 2.26. The lowest BCUT2D eigenvalue weighted by Crippen LogP contribution is -2.18. The maximum Gasteiger partial charge on any atom is 0.247 e. The minimum absolute atomic E-state index is 0.440. The summed E-state index contributed by atoms with van der Waals surface area (Å²) in [5, 5.41) is 12.5. The highest BCUT2D eigenvalue weighted by molar-refractivity contribution is 7.99. The molecular formula is C18H15N5OS. The van der Waals surface area contributed by atoms with Gasteiger partial charge in [-0.3, -0.25) is 4.98 Å². The second kappa shape index (κ2) is 6.90. The quantitative estimate of drug-likeness (QED) is 0.568. The number of pyridine rings is 1. The molecule has 0 saturated heterocycles. The predicted octanol–water partition coefficient (Wildman–Crippen LogP) is 3.71. The third-order valence-corrected chi connectivity index (χ3v) is 4.45. The van der Waals surface area contributed by atoms with Crippen molar-refractivity contribution in [3.05, 3.63) is 67.0 Å². The Kier molecular flexibility index (Phi) is 4.30. The molecule has 1 N–H and O–H groups in total. The molecule has 3 aromatic rings. The lowest BCUT2D eigenvalue weighted by molar-refractivity contribution is 0.220. The third-order valence-electron chi connectivity index (χ3n) is 3.62. The SMILES string of the molecule is C=CCSc1nnc2c(n1)O[C@@H](c1ccccn1)Nc1ccccc1-2. The van der Waals surface area contributed by atoms with Crippen LogP contribution in [0.3, 0.4) is 0 Å². The summed E-state index contributed by atoms with van der Waals surface area (Å²) in [5.41, 5.74) is 3.18. The molecule has 1 aromatic carbocycles. The van der Waals surface area contributed by atoms with Crippen molar-refractivity contribution in [3.8, 4) is 17.1 Å². The summed E-state index contributed by atoms with van der Waals surface area (Å²) in [4.78, 5) is 8.93. The van der Waals surface area contributed by atoms with Crippen LogP contribution in [-0.4, -0.2) is 25.9 Å². The first-order valence-corrected chi connectivity index (χ1v) is 8.75. The Morgan fingerprint density at radius 2 is 2.04 bits per heavy atom. The number of ether oxygens (including phenoxy) is 1. The van der Waals surface area contributed by atoms with E-state index in [-0.39, 0.29) is 0 Å². The van der Waals surface area contributed by atoms with Crippen molar-refractivity contribution in [1.29, 1.82) is 0 Å². The van der Waals surface area contributed by atoms with Crippen molar-refractivity contribution < 1.29 is 4.74 Å². The first-order chi connectivity index (χ1) is 12.3. The Balaban J connectivity index is 1.80. The van der Waals surface area contributed by atoms with E-state index < -0.39 is 6.23 Å². The predicted molar refractivity (Wildman–Crippen MR) is 97.4 cm³/mol. The second-order valence-electron chi connectivity index (χ2n) is 5.29. The normalized spacial score (nSPS) is 15.1. The number of thioether (sulfide) groups is 1. The van der Waals surface area contributed by atoms with Crippen molar-refractivity contribution in [3.63, 3.8) is 0 Å². The molecule has 1 aliphatic rings. The summed E-state index contributed by atoms with van der Waals surface area (Å²) in [6.07, 6.45) is 3.08. The van der Waals surface area contributed by atoms with Gasteiger partial charge in [0, 0.05) is 23.2 Å². The van der Waals surface area contributed by atoms with E-state index in [0.29, 0.717) is 22.5 Å². The van der Waals surface area contributed by atoms with Gasteiger partial charge in [-0.1, -0.05) is 42.1 Å². The van der Waals surface area contributed by atoms with Gasteiger partial charge in [0.05, 0.1) is 0 Å². The van der Waals surface area contributed by atoms with Crippen LogP contribution in [0.4, 0.5) is 5.69 Å². The molecule has 0 radical (unpaired) electrons. The molecule has 0 spiro atoms. The van der Waals surface area contributed by atoms with Gasteiger partial charge in [0.15, 0.2) is 5.69 Å². The summed E-state index contributed by atoms with van der Waals surface area (Å²) in [5.74, 6) is 1.15. The van der Waals surface area contributed by atoms with Gasteiger partial charge >= 0.3 is 0 Å². The topological polar surface area (TPSA) is 72.8 Å². The molecule has 0 saturated carbocycles. The van der Waals surface area contributed by atoms with E-state index in [0.717, 1.165) is 16.9 Å². The molecule has 6 nitrogen and oxygen atoms in total. The molecule has 1 aliphatic heterocycles. The number of benzene rings is 1. The van der Waals surface area contributed by atoms with Crippen molar-refractivity contribution in [2.75, 3.05) is 11.1 Å². The van der Waals surface area contributed by atoms with Crippen LogP contribution in [0.5, 0.6) is 5.88 Å². The highest BCUT2D eigenvalue weighted by Crippen LogP contribution is 2.38. The molecule has 0 amide bonds. The van der Waals surface area contributed by atoms with Crippen LogP contribution in [0.1, 0.15) is 11.9 Å². The van der Waals surface area contributed by atoms with E-state index in [1.54, 1.807) is 12.3 Å². The Bertz CT molecular complexity index is 903. The van der Waals surface area contributed by atoms with E-state index >= 15 is 0 Å². The number of anilines is 1. The van der Waals surface area contributed by atoms with Gasteiger partial charge in [-0.15, -0.1) is 16.8 Å². The highest BCUT2D eigenvalue weighted by atomic mass is 32.2. The van der Waals surface area contributed by atoms with Gasteiger partial charge in [0.1, 0.15) is 5.69 Å². The summed E-state index contributed by atoms with van der Waals surface area (Å²) in [7, 11) is 0. The lowest BCUT2D eigenvalue weighted by atomic mass is 10.1. The Morgan fingerprint density at radius 3 is 2.88 bits per heavy atom. The number of hydrogen-bond acceptors (Lipinski definition) is 7. The van der Waals surface area contributed by atoms with Crippen LogP contribution in [-0.2, 0) is 0 Å². The molecule has 0 bridgehead atoms. The van der Waals surface area contributed by atoms with Gasteiger partial charge in [0.25, 0.3) is 0 Å². The fourth-order valence-electron chi connectivity index (χ4n) is 2.51. The van der Waals surface area contributed by atoms with Gasteiger partial charge in [-0.25, -0.2) is 0 Å². The Morgan fingerprint density at radius 1 is 1.16 bits per heavy atom. The van der Waals surface area contributed by atoms with Gasteiger partial charge in [-0.05, 0) is 18.2 Å². The molecule has 1 atom stereocenters. The van der Waals surface area contributed by atoms with E-state index in [4.69, 9.17) is 4.74 Å². The van der Waals surface area contributed by atoms with Crippen molar-refractivity contribution in [2.24, 2.45) is 0 Å². The van der Waals surface area contributed by atoms with E-state index in [1.807, 2.05) is 42.5 Å². The fraction of sp³-hybridized carbons (Fsp3) is 0.111. The summed E-state index contributed by atoms with van der Waals surface area (Å²) in [6.45, 7) is 3.71. The molecular weight excluding hydrogens is 334 g/mol. The standard InChI is InChI=1S/C18H15N5OS/c1-2-11-25-18-21-17-15(22-23-18)12-7-3-4-8-13(12)20-16(24-17)14-9-5-6-10-19-14/h2-10,16,20H,1,11H2/t16-/m0/s1. The number of hydrogen-bond donors (Lipinski definition) is 1. The van der Waals surface area contributed by atoms with Crippen molar-refractivity contribution in [2.45, 2.75) is 11.4 Å². The average molecular weight is 349 g/mol. The average Bonchev–Trinajstić information content (AvgIpc) is 2.83. The lowest BCUT2D eigenvalue weighted by Gasteiger charge is -2.18. The van der Waals surface area contributed by atoms with Gasteiger partial charge < -0.3 is 10.1 Å². The minimum atomic E-state index is -0.461. The maximum atomic E-state index is 6.12. The van der Waals surface area contributed by atoms with Crippen LogP contribution >= 0.6 is 11.8 Å². The number of rotatable bonds is 4. The number of para-hydroxylation sites is 1. The minimum Gasteiger partial charge on any atom is -0.446 e.